The summed E-state index contributed by atoms with van der Waals surface area (Å²) in [5.74, 6) is 0.128. The fourth-order valence-corrected chi connectivity index (χ4v) is 4.62. The summed E-state index contributed by atoms with van der Waals surface area (Å²) >= 11 is 0. The van der Waals surface area contributed by atoms with Crippen LogP contribution in [0.3, 0.4) is 0 Å². The summed E-state index contributed by atoms with van der Waals surface area (Å²) in [5.41, 5.74) is 1.87. The molecule has 8 heteroatoms. The first-order valence-electron chi connectivity index (χ1n) is 10.8. The molecule has 0 spiro atoms. The molecule has 1 aliphatic heterocycles. The molecule has 1 aromatic carbocycles. The fourth-order valence-electron chi connectivity index (χ4n) is 4.45. The largest absolute Gasteiger partial charge is 0.357 e. The molecule has 3 heterocycles. The van der Waals surface area contributed by atoms with Gasteiger partial charge in [-0.25, -0.2) is 0 Å². The summed E-state index contributed by atoms with van der Waals surface area (Å²) in [4.78, 5) is 22.3. The number of aromatic nitrogens is 2. The van der Waals surface area contributed by atoms with E-state index < -0.39 is 5.66 Å². The number of fused-ring (bicyclic) bond motifs is 1. The highest BCUT2D eigenvalue weighted by molar-refractivity contribution is 7.17. The number of aromatic amines is 1. The molecular weight excluding hydrogens is 429 g/mol. The number of nitrogens with zero attached hydrogens (tertiary/aromatic N) is 2. The van der Waals surface area contributed by atoms with E-state index in [1.807, 2.05) is 0 Å². The Balaban J connectivity index is 1.41. The molecule has 3 aromatic rings. The molecular formula is C24H29F2N4OP. The molecule has 3 unspecified atom stereocenters. The highest BCUT2D eigenvalue weighted by atomic mass is 31.0. The molecule has 1 amide bonds. The van der Waals surface area contributed by atoms with E-state index >= 15 is 0 Å². The topological polar surface area (TPSA) is 61.0 Å². The lowest BCUT2D eigenvalue weighted by atomic mass is 9.87. The molecule has 4 rings (SSSR count). The number of carbonyl (C=O) groups excluding carboxylic acids is 1. The second kappa shape index (κ2) is 8.87. The molecule has 1 saturated heterocycles. The van der Waals surface area contributed by atoms with E-state index in [0.29, 0.717) is 12.1 Å². The zero-order valence-electron chi connectivity index (χ0n) is 18.6. The Kier molecular flexibility index (Phi) is 6.33. The lowest BCUT2D eigenvalue weighted by Crippen LogP contribution is -2.35. The van der Waals surface area contributed by atoms with Crippen LogP contribution in [0.25, 0.3) is 10.9 Å². The number of H-pyrrole nitrogens is 1. The van der Waals surface area contributed by atoms with Crippen LogP contribution in [0.5, 0.6) is 0 Å². The van der Waals surface area contributed by atoms with Crippen molar-refractivity contribution in [1.82, 2.24) is 14.9 Å². The quantitative estimate of drug-likeness (QED) is 0.495. The Morgan fingerprint density at radius 1 is 1.28 bits per heavy atom. The maximum absolute atomic E-state index is 13.3. The Morgan fingerprint density at radius 2 is 2.03 bits per heavy atom. The summed E-state index contributed by atoms with van der Waals surface area (Å²) in [7, 11) is 3.59. The van der Waals surface area contributed by atoms with Crippen LogP contribution in [0.15, 0.2) is 36.5 Å². The maximum atomic E-state index is 13.3. The van der Waals surface area contributed by atoms with E-state index in [1.54, 1.807) is 0 Å². The van der Waals surface area contributed by atoms with Gasteiger partial charge < -0.3 is 10.3 Å². The predicted molar refractivity (Wildman–Crippen MR) is 127 cm³/mol. The van der Waals surface area contributed by atoms with Gasteiger partial charge in [-0.1, -0.05) is 9.24 Å². The number of pyridine rings is 1. The van der Waals surface area contributed by atoms with Crippen LogP contribution < -0.4 is 5.32 Å². The number of piperidine rings is 1. The summed E-state index contributed by atoms with van der Waals surface area (Å²) in [6, 6.07) is 9.54. The number of amides is 1. The van der Waals surface area contributed by atoms with E-state index in [0.717, 1.165) is 24.9 Å². The standard InChI is InChI=1S/C24H29F2N4OP/c1-14-8-17-12-20(29-19(17)9-15(14)2)21-10-16(6-7-30(21)3)11-23(31)28-18-4-5-22(27-13-18)24(25,26)32/h4-5,8-9,12-13,16,21,29H,6-7,10-11,32H2,1-3H3,(H,28,31). The van der Waals surface area contributed by atoms with Crippen LogP contribution in [0, 0.1) is 19.8 Å². The van der Waals surface area contributed by atoms with Crippen molar-refractivity contribution in [2.75, 3.05) is 18.9 Å². The number of nitrogens with one attached hydrogen (secondary N) is 2. The van der Waals surface area contributed by atoms with Crippen LogP contribution in [-0.2, 0) is 10.5 Å². The third kappa shape index (κ3) is 5.00. The molecule has 170 valence electrons. The van der Waals surface area contributed by atoms with Gasteiger partial charge in [0, 0.05) is 23.7 Å². The number of hydrogen-bond donors (Lipinski definition) is 2. The molecule has 32 heavy (non-hydrogen) atoms. The van der Waals surface area contributed by atoms with Crippen LogP contribution in [0.1, 0.15) is 47.8 Å². The minimum absolute atomic E-state index is 0.117. The van der Waals surface area contributed by atoms with Crippen LogP contribution in [-0.4, -0.2) is 34.4 Å². The molecule has 3 atom stereocenters. The molecule has 0 saturated carbocycles. The Hall–Kier alpha value is -2.37. The van der Waals surface area contributed by atoms with E-state index in [2.05, 4.69) is 59.3 Å². The first kappa shape index (κ1) is 22.8. The van der Waals surface area contributed by atoms with Gasteiger partial charge in [-0.2, -0.15) is 8.78 Å². The summed E-state index contributed by atoms with van der Waals surface area (Å²) in [6.45, 7) is 5.15. The van der Waals surface area contributed by atoms with Crippen molar-refractivity contribution >= 4 is 31.7 Å². The molecule has 0 radical (unpaired) electrons. The number of alkyl halides is 2. The number of halogens is 2. The molecule has 2 aromatic heterocycles. The van der Waals surface area contributed by atoms with Gasteiger partial charge in [-0.3, -0.25) is 14.7 Å². The van der Waals surface area contributed by atoms with Gasteiger partial charge in [0.25, 0.3) is 5.66 Å². The first-order chi connectivity index (χ1) is 15.1. The third-order valence-electron chi connectivity index (χ3n) is 6.46. The number of aryl methyl sites for hydroxylation is 2. The number of carbonyl (C=O) groups is 1. The second-order valence-corrected chi connectivity index (χ2v) is 9.67. The minimum atomic E-state index is -3.08. The Bertz CT molecular complexity index is 1080. The van der Waals surface area contributed by atoms with Gasteiger partial charge in [0.15, 0.2) is 0 Å². The van der Waals surface area contributed by atoms with Crippen molar-refractivity contribution in [2.24, 2.45) is 5.92 Å². The van der Waals surface area contributed by atoms with Gasteiger partial charge in [0.2, 0.25) is 5.91 Å². The monoisotopic (exact) mass is 458 g/mol. The number of benzene rings is 1. The van der Waals surface area contributed by atoms with Crippen LogP contribution >= 0.6 is 9.24 Å². The minimum Gasteiger partial charge on any atom is -0.357 e. The molecule has 1 fully saturated rings. The molecule has 1 aliphatic rings. The predicted octanol–water partition coefficient (Wildman–Crippen LogP) is 5.52. The van der Waals surface area contributed by atoms with E-state index in [4.69, 9.17) is 0 Å². The lowest BCUT2D eigenvalue weighted by Gasteiger charge is -2.36. The van der Waals surface area contributed by atoms with Gasteiger partial charge in [-0.05, 0) is 93.0 Å². The maximum Gasteiger partial charge on any atom is 0.300 e. The molecule has 5 nitrogen and oxygen atoms in total. The summed E-state index contributed by atoms with van der Waals surface area (Å²) in [6.07, 6.45) is 3.49. The lowest BCUT2D eigenvalue weighted by molar-refractivity contribution is -0.117. The van der Waals surface area contributed by atoms with Gasteiger partial charge in [-0.15, -0.1) is 0 Å². The average Bonchev–Trinajstić information content (AvgIpc) is 3.12. The molecule has 0 bridgehead atoms. The molecule has 0 aliphatic carbocycles. The van der Waals surface area contributed by atoms with Gasteiger partial charge in [0.05, 0.1) is 11.9 Å². The van der Waals surface area contributed by atoms with Crippen molar-refractivity contribution in [1.29, 1.82) is 0 Å². The number of hydrogen-bond acceptors (Lipinski definition) is 3. The van der Waals surface area contributed by atoms with Gasteiger partial charge >= 0.3 is 0 Å². The number of rotatable bonds is 5. The van der Waals surface area contributed by atoms with E-state index in [1.165, 1.54) is 49.8 Å². The van der Waals surface area contributed by atoms with Crippen LogP contribution in [0.4, 0.5) is 14.5 Å². The highest BCUT2D eigenvalue weighted by Gasteiger charge is 2.30. The fraction of sp³-hybridized carbons (Fsp3) is 0.417. The van der Waals surface area contributed by atoms with E-state index in [-0.39, 0.29) is 23.6 Å². The molecule has 2 N–H and O–H groups in total. The van der Waals surface area contributed by atoms with Crippen molar-refractivity contribution in [3.05, 3.63) is 59.0 Å². The summed E-state index contributed by atoms with van der Waals surface area (Å²) < 4.78 is 26.6. The number of anilines is 1. The van der Waals surface area contributed by atoms with Crippen LogP contribution in [0.2, 0.25) is 0 Å². The van der Waals surface area contributed by atoms with Crippen molar-refractivity contribution in [2.45, 2.75) is 44.8 Å². The highest BCUT2D eigenvalue weighted by Crippen LogP contribution is 2.36. The van der Waals surface area contributed by atoms with Gasteiger partial charge in [0.1, 0.15) is 5.69 Å². The third-order valence-corrected chi connectivity index (χ3v) is 6.75. The first-order valence-corrected chi connectivity index (χ1v) is 11.4. The SMILES string of the molecule is Cc1cc2cc(C3CC(CC(=O)Nc4ccc(C(F)(F)P)nc4)CCN3C)[nH]c2cc1C. The van der Waals surface area contributed by atoms with Crippen molar-refractivity contribution < 1.29 is 13.6 Å². The normalized spacial score (nSPS) is 19.9. The second-order valence-electron chi connectivity index (χ2n) is 8.94. The summed E-state index contributed by atoms with van der Waals surface area (Å²) in [5, 5.41) is 4.00. The zero-order valence-corrected chi connectivity index (χ0v) is 19.7. The Morgan fingerprint density at radius 3 is 2.72 bits per heavy atom. The smallest absolute Gasteiger partial charge is 0.300 e. The number of likely N-dealkylation sites (tertiary alicyclic amines) is 1. The average molecular weight is 458 g/mol. The van der Waals surface area contributed by atoms with Crippen molar-refractivity contribution in [3.8, 4) is 0 Å². The zero-order chi connectivity index (χ0) is 23.0. The van der Waals surface area contributed by atoms with Crippen molar-refractivity contribution in [3.63, 3.8) is 0 Å². The van der Waals surface area contributed by atoms with E-state index in [9.17, 15) is 13.6 Å². The Labute approximate surface area is 189 Å².